The summed E-state index contributed by atoms with van der Waals surface area (Å²) in [6.07, 6.45) is 2.35. The first kappa shape index (κ1) is 27.3. The lowest BCUT2D eigenvalue weighted by Crippen LogP contribution is -2.47. The molecule has 11 heteroatoms. The van der Waals surface area contributed by atoms with Crippen LogP contribution in [0, 0.1) is 25.7 Å². The van der Waals surface area contributed by atoms with Crippen molar-refractivity contribution < 1.29 is 22.5 Å². The topological polar surface area (TPSA) is 116 Å². The van der Waals surface area contributed by atoms with Gasteiger partial charge in [0.2, 0.25) is 15.9 Å². The van der Waals surface area contributed by atoms with E-state index in [1.165, 1.54) is 9.21 Å². The van der Waals surface area contributed by atoms with Gasteiger partial charge in [0.1, 0.15) is 10.6 Å². The Morgan fingerprint density at radius 1 is 1.21 bits per heavy atom. The van der Waals surface area contributed by atoms with E-state index < -0.39 is 10.0 Å². The molecule has 0 spiro atoms. The highest BCUT2D eigenvalue weighted by atomic mass is 32.2. The smallest absolute Gasteiger partial charge is 0.324 e. The van der Waals surface area contributed by atoms with Crippen molar-refractivity contribution in [2.24, 2.45) is 11.8 Å². The van der Waals surface area contributed by atoms with Gasteiger partial charge in [-0.05, 0) is 66.1 Å². The van der Waals surface area contributed by atoms with E-state index >= 15 is 0 Å². The van der Waals surface area contributed by atoms with E-state index in [0.717, 1.165) is 19.4 Å². The van der Waals surface area contributed by atoms with Gasteiger partial charge in [-0.25, -0.2) is 13.2 Å². The molecule has 1 aromatic heterocycles. The van der Waals surface area contributed by atoms with Gasteiger partial charge < -0.3 is 14.7 Å². The molecular weight excluding hydrogens is 446 g/mol. The summed E-state index contributed by atoms with van der Waals surface area (Å²) in [6.45, 7) is 9.33. The van der Waals surface area contributed by atoms with Crippen molar-refractivity contribution in [1.29, 1.82) is 0 Å². The third-order valence-corrected chi connectivity index (χ3v) is 8.41. The van der Waals surface area contributed by atoms with Crippen LogP contribution in [0.1, 0.15) is 51.0 Å². The quantitative estimate of drug-likeness (QED) is 0.505. The Kier molecular flexibility index (Phi) is 9.86. The molecule has 0 saturated carbocycles. The maximum absolute atomic E-state index is 13.2. The molecule has 2 heterocycles. The highest BCUT2D eigenvalue weighted by Gasteiger charge is 2.38. The molecule has 0 aliphatic carbocycles. The molecule has 1 aliphatic heterocycles. The number of urea groups is 1. The maximum atomic E-state index is 13.2. The van der Waals surface area contributed by atoms with Crippen LogP contribution in [-0.2, 0) is 14.8 Å². The third kappa shape index (κ3) is 6.77. The molecule has 1 fully saturated rings. The average Bonchev–Trinajstić information content (AvgIpc) is 3.10. The zero-order chi connectivity index (χ0) is 24.8. The lowest BCUT2D eigenvalue weighted by atomic mass is 9.82. The Morgan fingerprint density at radius 3 is 2.45 bits per heavy atom. The second-order valence-corrected chi connectivity index (χ2v) is 10.8. The first-order valence-electron chi connectivity index (χ1n) is 11.7. The molecule has 0 unspecified atom stereocenters. The van der Waals surface area contributed by atoms with Crippen molar-refractivity contribution >= 4 is 22.0 Å². The van der Waals surface area contributed by atoms with Gasteiger partial charge in [0.05, 0.1) is 0 Å². The lowest BCUT2D eigenvalue weighted by molar-refractivity contribution is -0.129. The van der Waals surface area contributed by atoms with Crippen LogP contribution >= 0.6 is 0 Å². The van der Waals surface area contributed by atoms with E-state index in [1.807, 2.05) is 25.9 Å². The molecule has 2 rings (SSSR count). The van der Waals surface area contributed by atoms with Crippen molar-refractivity contribution in [2.75, 3.05) is 46.8 Å². The largest absolute Gasteiger partial charge is 0.360 e. The number of nitrogens with zero attached hydrogens (tertiary/aromatic N) is 4. The van der Waals surface area contributed by atoms with Crippen LogP contribution in [0.2, 0.25) is 0 Å². The number of amides is 3. The molecule has 33 heavy (non-hydrogen) atoms. The standard InChI is InChI=1S/C22H39N5O5S/c1-7-18-15-26(33(30,31)21-16(3)24-32-17(21)4)13-10-19(18)14-20(28)27(8-2)22(29)23-11-9-12-25(5)6/h18-19H,7-15H2,1-6H3,(H,23,29)/t18-,19+/m1/s1. The molecular formula is C22H39N5O5S. The van der Waals surface area contributed by atoms with Crippen LogP contribution in [0.3, 0.4) is 0 Å². The molecule has 1 aromatic rings. The van der Waals surface area contributed by atoms with Gasteiger partial charge in [-0.1, -0.05) is 18.5 Å². The number of nitrogens with one attached hydrogen (secondary N) is 1. The highest BCUT2D eigenvalue weighted by molar-refractivity contribution is 7.89. The van der Waals surface area contributed by atoms with E-state index in [1.54, 1.807) is 20.8 Å². The van der Waals surface area contributed by atoms with Crippen molar-refractivity contribution in [2.45, 2.75) is 58.3 Å². The van der Waals surface area contributed by atoms with Gasteiger partial charge in [0, 0.05) is 32.6 Å². The van der Waals surface area contributed by atoms with Gasteiger partial charge in [0.15, 0.2) is 5.76 Å². The maximum Gasteiger partial charge on any atom is 0.324 e. The van der Waals surface area contributed by atoms with E-state index in [0.29, 0.717) is 38.3 Å². The van der Waals surface area contributed by atoms with Crippen molar-refractivity contribution in [3.8, 4) is 0 Å². The van der Waals surface area contributed by atoms with E-state index in [-0.39, 0.29) is 40.9 Å². The monoisotopic (exact) mass is 485 g/mol. The predicted octanol–water partition coefficient (Wildman–Crippen LogP) is 2.23. The summed E-state index contributed by atoms with van der Waals surface area (Å²) in [5, 5.41) is 6.60. The molecule has 0 aromatic carbocycles. The summed E-state index contributed by atoms with van der Waals surface area (Å²) in [5.41, 5.74) is 0.355. The molecule has 1 saturated heterocycles. The number of rotatable bonds is 10. The van der Waals surface area contributed by atoms with Crippen LogP contribution in [-0.4, -0.2) is 86.4 Å². The van der Waals surface area contributed by atoms with Crippen molar-refractivity contribution in [3.63, 3.8) is 0 Å². The van der Waals surface area contributed by atoms with E-state index in [9.17, 15) is 18.0 Å². The first-order chi connectivity index (χ1) is 15.5. The fourth-order valence-electron chi connectivity index (χ4n) is 4.42. The summed E-state index contributed by atoms with van der Waals surface area (Å²) in [4.78, 5) is 28.9. The summed E-state index contributed by atoms with van der Waals surface area (Å²) in [5.74, 6) is 0.120. The Hall–Kier alpha value is -1.98. The molecule has 1 aliphatic rings. The number of hydrogen-bond acceptors (Lipinski definition) is 7. The van der Waals surface area contributed by atoms with Gasteiger partial charge in [-0.15, -0.1) is 0 Å². The lowest BCUT2D eigenvalue weighted by Gasteiger charge is -2.37. The Labute approximate surface area is 197 Å². The summed E-state index contributed by atoms with van der Waals surface area (Å²) in [6, 6.07) is -0.368. The zero-order valence-electron chi connectivity index (χ0n) is 20.8. The number of piperidine rings is 1. The van der Waals surface area contributed by atoms with Crippen molar-refractivity contribution in [3.05, 3.63) is 11.5 Å². The molecule has 10 nitrogen and oxygen atoms in total. The molecule has 1 N–H and O–H groups in total. The fourth-order valence-corrected chi connectivity index (χ4v) is 6.23. The van der Waals surface area contributed by atoms with Gasteiger partial charge in [0.25, 0.3) is 0 Å². The number of hydrogen-bond donors (Lipinski definition) is 1. The minimum absolute atomic E-state index is 0.0224. The Bertz CT molecular complexity index is 895. The molecule has 188 valence electrons. The summed E-state index contributed by atoms with van der Waals surface area (Å²) in [7, 11) is 0.228. The number of carbonyl (C=O) groups is 2. The number of carbonyl (C=O) groups excluding carboxylic acids is 2. The van der Waals surface area contributed by atoms with Gasteiger partial charge in [-0.3, -0.25) is 9.69 Å². The second kappa shape index (κ2) is 11.9. The second-order valence-electron chi connectivity index (χ2n) is 8.96. The Balaban J connectivity index is 2.00. The van der Waals surface area contributed by atoms with Crippen LogP contribution < -0.4 is 5.32 Å². The predicted molar refractivity (Wildman–Crippen MR) is 125 cm³/mol. The molecule has 3 amide bonds. The minimum Gasteiger partial charge on any atom is -0.360 e. The van der Waals surface area contributed by atoms with Gasteiger partial charge in [-0.2, -0.15) is 4.31 Å². The molecule has 0 radical (unpaired) electrons. The summed E-state index contributed by atoms with van der Waals surface area (Å²) < 4.78 is 32.9. The highest BCUT2D eigenvalue weighted by Crippen LogP contribution is 2.33. The minimum atomic E-state index is -3.71. The third-order valence-electron chi connectivity index (χ3n) is 6.30. The van der Waals surface area contributed by atoms with Crippen LogP contribution in [0.15, 0.2) is 9.42 Å². The first-order valence-corrected chi connectivity index (χ1v) is 13.1. The zero-order valence-corrected chi connectivity index (χ0v) is 21.6. The number of imide groups is 1. The summed E-state index contributed by atoms with van der Waals surface area (Å²) >= 11 is 0. The van der Waals surface area contributed by atoms with Crippen molar-refractivity contribution in [1.82, 2.24) is 24.6 Å². The number of sulfonamides is 1. The SMILES string of the molecule is CC[C@@H]1CN(S(=O)(=O)c2c(C)noc2C)CC[C@H]1CC(=O)N(CC)C(=O)NCCCN(C)C. The number of aromatic nitrogens is 1. The van der Waals surface area contributed by atoms with Gasteiger partial charge >= 0.3 is 6.03 Å². The molecule has 0 bridgehead atoms. The van der Waals surface area contributed by atoms with Crippen LogP contribution in [0.4, 0.5) is 4.79 Å². The Morgan fingerprint density at radius 2 is 1.91 bits per heavy atom. The normalized spacial score (nSPS) is 19.6. The van der Waals surface area contributed by atoms with Crippen LogP contribution in [0.5, 0.6) is 0 Å². The number of aryl methyl sites for hydroxylation is 2. The van der Waals surface area contributed by atoms with E-state index in [4.69, 9.17) is 4.52 Å². The van der Waals surface area contributed by atoms with E-state index in [2.05, 4.69) is 10.5 Å². The fraction of sp³-hybridized carbons (Fsp3) is 0.773. The molecule has 2 atom stereocenters. The average molecular weight is 486 g/mol. The van der Waals surface area contributed by atoms with Crippen LogP contribution in [0.25, 0.3) is 0 Å².